The maximum Gasteiger partial charge on any atom is 0.307 e. The van der Waals surface area contributed by atoms with E-state index in [0.29, 0.717) is 13.2 Å². The number of fused-ring (bicyclic) bond motifs is 2. The Morgan fingerprint density at radius 3 is 2.83 bits per heavy atom. The molecule has 0 saturated carbocycles. The van der Waals surface area contributed by atoms with E-state index in [1.165, 1.54) is 22.9 Å². The highest BCUT2D eigenvalue weighted by molar-refractivity contribution is 8.01. The third kappa shape index (κ3) is 4.02. The largest absolute Gasteiger partial charge is 0.466 e. The number of nitrogens with zero attached hydrogens (tertiary/aromatic N) is 2. The number of carbonyl (C=O) groups excluding carboxylic acids is 2. The lowest BCUT2D eigenvalue weighted by Crippen LogP contribution is -2.41. The predicted octanol–water partition coefficient (Wildman–Crippen LogP) is 4.87. The Hall–Kier alpha value is -2.38. The summed E-state index contributed by atoms with van der Waals surface area (Å²) in [5, 5.41) is 0.404. The van der Waals surface area contributed by atoms with Gasteiger partial charge in [0.25, 0.3) is 0 Å². The van der Waals surface area contributed by atoms with Crippen molar-refractivity contribution in [3.05, 3.63) is 52.5 Å². The lowest BCUT2D eigenvalue weighted by Gasteiger charge is -2.32. The number of para-hydroxylation sites is 1. The Morgan fingerprint density at radius 2 is 2.03 bits per heavy atom. The van der Waals surface area contributed by atoms with Crippen LogP contribution in [0.4, 0.5) is 5.69 Å². The van der Waals surface area contributed by atoms with Gasteiger partial charge in [-0.3, -0.25) is 9.59 Å². The molecule has 0 aliphatic carbocycles. The Labute approximate surface area is 178 Å². The summed E-state index contributed by atoms with van der Waals surface area (Å²) < 4.78 is 6.22. The topological polar surface area (TPSA) is 59.5 Å². The summed E-state index contributed by atoms with van der Waals surface area (Å²) in [4.78, 5) is 32.8. The van der Waals surface area contributed by atoms with Crippen LogP contribution in [-0.4, -0.2) is 28.7 Å². The average Bonchev–Trinajstić information content (AvgIpc) is 3.08. The number of hydrogen-bond donors (Lipinski definition) is 0. The van der Waals surface area contributed by atoms with Gasteiger partial charge in [-0.25, -0.2) is 4.98 Å². The van der Waals surface area contributed by atoms with Crippen molar-refractivity contribution in [2.24, 2.45) is 0 Å². The van der Waals surface area contributed by atoms with Gasteiger partial charge in [-0.1, -0.05) is 18.2 Å². The molecule has 1 atom stereocenters. The summed E-state index contributed by atoms with van der Waals surface area (Å²) in [6, 6.07) is 12.0. The molecule has 1 aliphatic heterocycles. The minimum Gasteiger partial charge on any atom is -0.466 e. The maximum absolute atomic E-state index is 13.2. The van der Waals surface area contributed by atoms with Crippen molar-refractivity contribution in [1.29, 1.82) is 0 Å². The molecule has 29 heavy (non-hydrogen) atoms. The molecule has 2 heterocycles. The van der Waals surface area contributed by atoms with E-state index in [-0.39, 0.29) is 18.3 Å². The second-order valence-corrected chi connectivity index (χ2v) is 9.37. The van der Waals surface area contributed by atoms with Crippen LogP contribution in [0, 0.1) is 13.8 Å². The van der Waals surface area contributed by atoms with Crippen LogP contribution in [0.15, 0.2) is 41.3 Å². The van der Waals surface area contributed by atoms with Crippen LogP contribution in [0.3, 0.4) is 0 Å². The van der Waals surface area contributed by atoms with Crippen molar-refractivity contribution in [3.8, 4) is 0 Å². The molecule has 0 fully saturated rings. The molecule has 4 rings (SSSR count). The van der Waals surface area contributed by atoms with Crippen molar-refractivity contribution in [1.82, 2.24) is 4.98 Å². The van der Waals surface area contributed by atoms with Gasteiger partial charge in [0.2, 0.25) is 5.91 Å². The summed E-state index contributed by atoms with van der Waals surface area (Å²) in [7, 11) is 0. The fourth-order valence-corrected chi connectivity index (χ4v) is 5.78. The quantitative estimate of drug-likeness (QED) is 0.545. The lowest BCUT2D eigenvalue weighted by molar-refractivity contribution is -0.144. The number of amides is 1. The highest BCUT2D eigenvalue weighted by Crippen LogP contribution is 2.41. The zero-order valence-electron chi connectivity index (χ0n) is 16.6. The normalized spacial score (nSPS) is 16.2. The number of thiazole rings is 1. The third-order valence-electron chi connectivity index (χ3n) is 4.78. The molecule has 2 aromatic carbocycles. The van der Waals surface area contributed by atoms with Crippen LogP contribution in [0.5, 0.6) is 0 Å². The van der Waals surface area contributed by atoms with Crippen LogP contribution >= 0.6 is 23.1 Å². The van der Waals surface area contributed by atoms with E-state index in [4.69, 9.17) is 9.72 Å². The molecule has 1 aromatic heterocycles. The Bertz CT molecular complexity index is 1090. The fourth-order valence-electron chi connectivity index (χ4n) is 3.56. The minimum absolute atomic E-state index is 0.0698. The Kier molecular flexibility index (Phi) is 5.61. The standard InChI is InChI=1S/C22H22N2O3S2/c1-4-27-20(25)11-18-22(26)24(16-7-5-6-8-17(16)28-18)12-19-23-15-10-13(2)9-14(3)21(15)29-19/h5-10,18H,4,11-12H2,1-3H3. The highest BCUT2D eigenvalue weighted by atomic mass is 32.2. The molecule has 0 spiro atoms. The van der Waals surface area contributed by atoms with E-state index in [2.05, 4.69) is 26.0 Å². The Morgan fingerprint density at radius 1 is 1.24 bits per heavy atom. The van der Waals surface area contributed by atoms with Gasteiger partial charge >= 0.3 is 5.97 Å². The molecule has 1 aliphatic rings. The second-order valence-electron chi connectivity index (χ2n) is 7.05. The molecular formula is C22H22N2O3S2. The first kappa shape index (κ1) is 19.9. The number of aromatic nitrogens is 1. The van der Waals surface area contributed by atoms with Gasteiger partial charge in [0, 0.05) is 4.90 Å². The number of anilines is 1. The van der Waals surface area contributed by atoms with Crippen LogP contribution in [-0.2, 0) is 20.9 Å². The van der Waals surface area contributed by atoms with Crippen LogP contribution < -0.4 is 4.90 Å². The molecule has 0 radical (unpaired) electrons. The van der Waals surface area contributed by atoms with Crippen LogP contribution in [0.1, 0.15) is 29.5 Å². The molecule has 1 unspecified atom stereocenters. The molecule has 3 aromatic rings. The van der Waals surface area contributed by atoms with Gasteiger partial charge < -0.3 is 9.64 Å². The molecule has 0 bridgehead atoms. The van der Waals surface area contributed by atoms with Crippen molar-refractivity contribution in [2.45, 2.75) is 43.9 Å². The molecule has 1 amide bonds. The fraction of sp³-hybridized carbons (Fsp3) is 0.318. The van der Waals surface area contributed by atoms with Gasteiger partial charge in [0.05, 0.1) is 40.7 Å². The summed E-state index contributed by atoms with van der Waals surface area (Å²) in [5.74, 6) is -0.419. The second kappa shape index (κ2) is 8.16. The highest BCUT2D eigenvalue weighted by Gasteiger charge is 2.35. The van der Waals surface area contributed by atoms with Gasteiger partial charge in [-0.15, -0.1) is 23.1 Å². The van der Waals surface area contributed by atoms with Crippen molar-refractivity contribution in [2.75, 3.05) is 11.5 Å². The van der Waals surface area contributed by atoms with E-state index in [0.717, 1.165) is 25.8 Å². The summed E-state index contributed by atoms with van der Waals surface area (Å²) in [5.41, 5.74) is 4.22. The molecule has 0 N–H and O–H groups in total. The number of benzene rings is 2. The predicted molar refractivity (Wildman–Crippen MR) is 118 cm³/mol. The number of esters is 1. The average molecular weight is 427 g/mol. The number of aryl methyl sites for hydroxylation is 2. The number of thioether (sulfide) groups is 1. The molecule has 5 nitrogen and oxygen atoms in total. The number of hydrogen-bond acceptors (Lipinski definition) is 6. The first-order chi connectivity index (χ1) is 14.0. The molecule has 150 valence electrons. The monoisotopic (exact) mass is 426 g/mol. The summed E-state index contributed by atoms with van der Waals surface area (Å²) in [6.07, 6.45) is 0.0698. The SMILES string of the molecule is CCOC(=O)CC1Sc2ccccc2N(Cc2nc3cc(C)cc(C)c3s2)C1=O. The van der Waals surface area contributed by atoms with E-state index in [1.54, 1.807) is 23.2 Å². The van der Waals surface area contributed by atoms with Gasteiger partial charge in [-0.2, -0.15) is 0 Å². The minimum atomic E-state index is -0.484. The van der Waals surface area contributed by atoms with E-state index < -0.39 is 5.25 Å². The lowest BCUT2D eigenvalue weighted by atomic mass is 10.1. The van der Waals surface area contributed by atoms with Crippen LogP contribution in [0.2, 0.25) is 0 Å². The van der Waals surface area contributed by atoms with Crippen molar-refractivity contribution >= 4 is 50.9 Å². The van der Waals surface area contributed by atoms with Gasteiger partial charge in [-0.05, 0) is 50.1 Å². The summed E-state index contributed by atoms with van der Waals surface area (Å²) in [6.45, 7) is 6.63. The zero-order chi connectivity index (χ0) is 20.5. The van der Waals surface area contributed by atoms with Crippen molar-refractivity contribution in [3.63, 3.8) is 0 Å². The number of carbonyl (C=O) groups is 2. The molecular weight excluding hydrogens is 404 g/mol. The van der Waals surface area contributed by atoms with Gasteiger partial charge in [0.1, 0.15) is 5.01 Å². The first-order valence-corrected chi connectivity index (χ1v) is 11.2. The van der Waals surface area contributed by atoms with Crippen molar-refractivity contribution < 1.29 is 14.3 Å². The van der Waals surface area contributed by atoms with Gasteiger partial charge in [0.15, 0.2) is 0 Å². The maximum atomic E-state index is 13.2. The van der Waals surface area contributed by atoms with E-state index >= 15 is 0 Å². The Balaban J connectivity index is 1.66. The first-order valence-electron chi connectivity index (χ1n) is 9.55. The van der Waals surface area contributed by atoms with Crippen LogP contribution in [0.25, 0.3) is 10.2 Å². The zero-order valence-corrected chi connectivity index (χ0v) is 18.2. The third-order valence-corrected chi connectivity index (χ3v) is 7.23. The smallest absolute Gasteiger partial charge is 0.307 e. The van der Waals surface area contributed by atoms with E-state index in [9.17, 15) is 9.59 Å². The summed E-state index contributed by atoms with van der Waals surface area (Å²) >= 11 is 3.06. The van der Waals surface area contributed by atoms with E-state index in [1.807, 2.05) is 24.3 Å². The molecule has 0 saturated heterocycles. The number of ether oxygens (including phenoxy) is 1. The molecule has 7 heteroatoms. The number of rotatable bonds is 5.